The van der Waals surface area contributed by atoms with Crippen molar-refractivity contribution in [3.63, 3.8) is 0 Å². The largest absolute Gasteiger partial charge is 0.485 e. The molecular weight excluding hydrogens is 274 g/mol. The number of imidazole rings is 1. The predicted molar refractivity (Wildman–Crippen MR) is 81.1 cm³/mol. The first-order valence-corrected chi connectivity index (χ1v) is 7.09. The Labute approximate surface area is 124 Å². The molecule has 0 aliphatic carbocycles. The lowest BCUT2D eigenvalue weighted by Gasteiger charge is -2.14. The van der Waals surface area contributed by atoms with Gasteiger partial charge in [-0.25, -0.2) is 4.98 Å². The Kier molecular flexibility index (Phi) is 5.04. The summed E-state index contributed by atoms with van der Waals surface area (Å²) in [7, 11) is 1.88. The zero-order chi connectivity index (χ0) is 14.5. The van der Waals surface area contributed by atoms with E-state index in [4.69, 9.17) is 16.3 Å². The summed E-state index contributed by atoms with van der Waals surface area (Å²) in [6, 6.07) is 6.18. The Bertz CT molecular complexity index is 580. The van der Waals surface area contributed by atoms with Gasteiger partial charge in [-0.1, -0.05) is 36.7 Å². The molecule has 2 aromatic rings. The number of aromatic nitrogens is 2. The van der Waals surface area contributed by atoms with E-state index in [1.54, 1.807) is 6.20 Å². The average Bonchev–Trinajstić information content (AvgIpc) is 2.76. The summed E-state index contributed by atoms with van der Waals surface area (Å²) in [4.78, 5) is 4.24. The minimum atomic E-state index is 0.410. The minimum Gasteiger partial charge on any atom is -0.485 e. The van der Waals surface area contributed by atoms with Crippen LogP contribution in [0.2, 0.25) is 5.15 Å². The normalized spacial score (nSPS) is 10.8. The Balaban J connectivity index is 2.14. The molecule has 0 fully saturated rings. The fraction of sp³-hybridized carbons (Fsp3) is 0.400. The maximum atomic E-state index is 5.98. The molecule has 0 unspecified atom stereocenters. The number of nitrogens with one attached hydrogen (secondary N) is 1. The van der Waals surface area contributed by atoms with Crippen molar-refractivity contribution in [3.05, 3.63) is 46.5 Å². The van der Waals surface area contributed by atoms with Crippen LogP contribution in [0.5, 0.6) is 5.75 Å². The van der Waals surface area contributed by atoms with Gasteiger partial charge in [0.1, 0.15) is 23.3 Å². The molecule has 1 heterocycles. The van der Waals surface area contributed by atoms with Crippen LogP contribution < -0.4 is 10.1 Å². The highest BCUT2D eigenvalue weighted by atomic mass is 35.5. The van der Waals surface area contributed by atoms with Crippen molar-refractivity contribution in [1.82, 2.24) is 14.9 Å². The van der Waals surface area contributed by atoms with Crippen LogP contribution in [0.15, 0.2) is 24.4 Å². The molecule has 108 valence electrons. The molecule has 0 saturated carbocycles. The third-order valence-electron chi connectivity index (χ3n) is 3.23. The van der Waals surface area contributed by atoms with Crippen molar-refractivity contribution in [1.29, 1.82) is 0 Å². The molecule has 2 rings (SSSR count). The third kappa shape index (κ3) is 3.32. The first-order chi connectivity index (χ1) is 9.63. The number of rotatable bonds is 6. The number of ether oxygens (including phenoxy) is 1. The molecule has 5 heteroatoms. The summed E-state index contributed by atoms with van der Waals surface area (Å²) in [5.41, 5.74) is 2.29. The zero-order valence-corrected chi connectivity index (χ0v) is 12.9. The summed E-state index contributed by atoms with van der Waals surface area (Å²) in [6.45, 7) is 6.28. The molecule has 0 amide bonds. The topological polar surface area (TPSA) is 39.1 Å². The van der Waals surface area contributed by atoms with Crippen LogP contribution in [0.3, 0.4) is 0 Å². The lowest BCUT2D eigenvalue weighted by molar-refractivity contribution is 0.286. The van der Waals surface area contributed by atoms with Gasteiger partial charge in [-0.2, -0.15) is 0 Å². The molecule has 0 aliphatic rings. The van der Waals surface area contributed by atoms with Gasteiger partial charge in [0.25, 0.3) is 0 Å². The van der Waals surface area contributed by atoms with Crippen molar-refractivity contribution >= 4 is 11.6 Å². The molecule has 0 bridgehead atoms. The molecular formula is C15H20ClN3O. The first kappa shape index (κ1) is 14.9. The lowest BCUT2D eigenvalue weighted by Crippen LogP contribution is -2.13. The van der Waals surface area contributed by atoms with Crippen LogP contribution in [0.4, 0.5) is 0 Å². The highest BCUT2D eigenvalue weighted by Crippen LogP contribution is 2.24. The summed E-state index contributed by atoms with van der Waals surface area (Å²) in [5, 5.41) is 3.94. The number of nitrogens with zero attached hydrogens (tertiary/aromatic N) is 2. The second-order valence-corrected chi connectivity index (χ2v) is 5.08. The van der Waals surface area contributed by atoms with Gasteiger partial charge in [0.05, 0.1) is 6.20 Å². The number of para-hydroxylation sites is 1. The molecule has 0 spiro atoms. The monoisotopic (exact) mass is 293 g/mol. The Morgan fingerprint density at radius 3 is 2.85 bits per heavy atom. The Morgan fingerprint density at radius 2 is 2.20 bits per heavy atom. The van der Waals surface area contributed by atoms with Crippen molar-refractivity contribution in [3.8, 4) is 5.75 Å². The van der Waals surface area contributed by atoms with Gasteiger partial charge < -0.3 is 14.6 Å². The van der Waals surface area contributed by atoms with Gasteiger partial charge in [-0.15, -0.1) is 0 Å². The van der Waals surface area contributed by atoms with Crippen LogP contribution >= 0.6 is 11.6 Å². The summed E-state index contributed by atoms with van der Waals surface area (Å²) in [5.74, 6) is 1.74. The van der Waals surface area contributed by atoms with Crippen LogP contribution in [0.1, 0.15) is 23.9 Å². The molecule has 20 heavy (non-hydrogen) atoms. The molecule has 1 aromatic carbocycles. The standard InChI is InChI=1S/C15H20ClN3O/c1-4-17-8-12-7-5-6-11(2)15(12)20-10-14-18-9-13(16)19(14)3/h5-7,9,17H,4,8,10H2,1-3H3. The van der Waals surface area contributed by atoms with Crippen LogP contribution in [-0.2, 0) is 20.2 Å². The van der Waals surface area contributed by atoms with E-state index in [1.807, 2.05) is 17.7 Å². The van der Waals surface area contributed by atoms with E-state index < -0.39 is 0 Å². The number of hydrogen-bond donors (Lipinski definition) is 1. The van der Waals surface area contributed by atoms with E-state index in [2.05, 4.69) is 36.3 Å². The van der Waals surface area contributed by atoms with Gasteiger partial charge in [0, 0.05) is 19.2 Å². The van der Waals surface area contributed by atoms with Crippen LogP contribution in [-0.4, -0.2) is 16.1 Å². The highest BCUT2D eigenvalue weighted by Gasteiger charge is 2.10. The van der Waals surface area contributed by atoms with Crippen LogP contribution in [0, 0.1) is 6.92 Å². The van der Waals surface area contributed by atoms with Crippen molar-refractivity contribution in [2.45, 2.75) is 27.0 Å². The van der Waals surface area contributed by atoms with E-state index in [0.29, 0.717) is 11.8 Å². The maximum absolute atomic E-state index is 5.98. The van der Waals surface area contributed by atoms with Crippen LogP contribution in [0.25, 0.3) is 0 Å². The Hall–Kier alpha value is -1.52. The molecule has 0 saturated heterocycles. The molecule has 4 nitrogen and oxygen atoms in total. The second-order valence-electron chi connectivity index (χ2n) is 4.69. The van der Waals surface area contributed by atoms with Crippen molar-refractivity contribution in [2.75, 3.05) is 6.54 Å². The van der Waals surface area contributed by atoms with Crippen molar-refractivity contribution in [2.24, 2.45) is 7.05 Å². The maximum Gasteiger partial charge on any atom is 0.147 e. The smallest absolute Gasteiger partial charge is 0.147 e. The minimum absolute atomic E-state index is 0.410. The molecule has 0 aliphatic heterocycles. The number of halogens is 1. The van der Waals surface area contributed by atoms with Gasteiger partial charge in [0.2, 0.25) is 0 Å². The van der Waals surface area contributed by atoms with Gasteiger partial charge in [-0.05, 0) is 19.0 Å². The first-order valence-electron chi connectivity index (χ1n) is 6.71. The highest BCUT2D eigenvalue weighted by molar-refractivity contribution is 6.29. The molecule has 1 aromatic heterocycles. The fourth-order valence-electron chi connectivity index (χ4n) is 2.01. The van der Waals surface area contributed by atoms with Crippen molar-refractivity contribution < 1.29 is 4.74 Å². The van der Waals surface area contributed by atoms with E-state index in [0.717, 1.165) is 35.8 Å². The fourth-order valence-corrected chi connectivity index (χ4v) is 2.16. The number of benzene rings is 1. The summed E-state index contributed by atoms with van der Waals surface area (Å²) < 4.78 is 7.79. The molecule has 1 N–H and O–H groups in total. The average molecular weight is 294 g/mol. The van der Waals surface area contributed by atoms with E-state index in [-0.39, 0.29) is 0 Å². The summed E-state index contributed by atoms with van der Waals surface area (Å²) >= 11 is 5.98. The quantitative estimate of drug-likeness (QED) is 0.890. The third-order valence-corrected chi connectivity index (χ3v) is 3.58. The lowest BCUT2D eigenvalue weighted by atomic mass is 10.1. The van der Waals surface area contributed by atoms with Gasteiger partial charge in [-0.3, -0.25) is 0 Å². The van der Waals surface area contributed by atoms with E-state index >= 15 is 0 Å². The SMILES string of the molecule is CCNCc1cccc(C)c1OCc1ncc(Cl)n1C. The molecule has 0 atom stereocenters. The molecule has 0 radical (unpaired) electrons. The van der Waals surface area contributed by atoms with Gasteiger partial charge in [0.15, 0.2) is 0 Å². The van der Waals surface area contributed by atoms with E-state index in [9.17, 15) is 0 Å². The number of aryl methyl sites for hydroxylation is 1. The summed E-state index contributed by atoms with van der Waals surface area (Å²) in [6.07, 6.45) is 1.64. The second kappa shape index (κ2) is 6.77. The Morgan fingerprint density at radius 1 is 1.40 bits per heavy atom. The predicted octanol–water partition coefficient (Wildman–Crippen LogP) is 3.07. The van der Waals surface area contributed by atoms with E-state index in [1.165, 1.54) is 0 Å². The zero-order valence-electron chi connectivity index (χ0n) is 12.1. The van der Waals surface area contributed by atoms with Gasteiger partial charge >= 0.3 is 0 Å². The number of hydrogen-bond acceptors (Lipinski definition) is 3.